The lowest BCUT2D eigenvalue weighted by molar-refractivity contribution is -0.0998. The molecule has 2 aromatic carbocycles. The normalized spacial score (nSPS) is 24.5. The zero-order valence-electron chi connectivity index (χ0n) is 12.9. The van der Waals surface area contributed by atoms with Crippen LogP contribution >= 0.6 is 0 Å². The van der Waals surface area contributed by atoms with Gasteiger partial charge in [-0.2, -0.15) is 0 Å². The van der Waals surface area contributed by atoms with Crippen molar-refractivity contribution in [1.82, 2.24) is 0 Å². The van der Waals surface area contributed by atoms with Crippen LogP contribution in [-0.2, 0) is 11.2 Å². The molecule has 0 saturated carbocycles. The second-order valence-corrected chi connectivity index (χ2v) is 6.17. The molecule has 3 N–H and O–H groups in total. The van der Waals surface area contributed by atoms with Crippen molar-refractivity contribution in [3.05, 3.63) is 59.7 Å². The predicted molar refractivity (Wildman–Crippen MR) is 87.4 cm³/mol. The number of hydrogen-bond acceptors (Lipinski definition) is 4. The van der Waals surface area contributed by atoms with Crippen LogP contribution in [0.4, 0.5) is 0 Å². The number of aromatic hydroxyl groups is 2. The Kier molecular flexibility index (Phi) is 4.84. The van der Waals surface area contributed by atoms with Gasteiger partial charge >= 0.3 is 0 Å². The van der Waals surface area contributed by atoms with Crippen molar-refractivity contribution >= 4 is 0 Å². The molecule has 0 aliphatic carbocycles. The average Bonchev–Trinajstić information content (AvgIpc) is 2.54. The minimum atomic E-state index is -0.368. The smallest absolute Gasteiger partial charge is 0.115 e. The fourth-order valence-electron chi connectivity index (χ4n) is 3.07. The summed E-state index contributed by atoms with van der Waals surface area (Å²) in [6.07, 6.45) is 2.41. The summed E-state index contributed by atoms with van der Waals surface area (Å²) < 4.78 is 6.14. The van der Waals surface area contributed by atoms with Gasteiger partial charge in [-0.05, 0) is 54.7 Å². The van der Waals surface area contributed by atoms with Crippen LogP contribution in [0.2, 0.25) is 0 Å². The summed E-state index contributed by atoms with van der Waals surface area (Å²) in [5.74, 6) is 0.500. The number of hydrogen-bond donors (Lipinski definition) is 3. The summed E-state index contributed by atoms with van der Waals surface area (Å²) >= 11 is 0. The minimum Gasteiger partial charge on any atom is -0.508 e. The summed E-state index contributed by atoms with van der Waals surface area (Å²) in [7, 11) is 0. The molecule has 23 heavy (non-hydrogen) atoms. The predicted octanol–water partition coefficient (Wildman–Crippen LogP) is 3.31. The Morgan fingerprint density at radius 2 is 1.48 bits per heavy atom. The molecular formula is C19H22O4. The lowest BCUT2D eigenvalue weighted by Crippen LogP contribution is -2.31. The SMILES string of the molecule is Oc1ccc(CC[C@@H]2C[C@@H](O)C[C@H](c3ccc(O)cc3)O2)cc1. The van der Waals surface area contributed by atoms with Gasteiger partial charge in [0.1, 0.15) is 11.5 Å². The lowest BCUT2D eigenvalue weighted by atomic mass is 9.93. The van der Waals surface area contributed by atoms with Gasteiger partial charge in [-0.1, -0.05) is 24.3 Å². The number of aliphatic hydroxyl groups excluding tert-OH is 1. The van der Waals surface area contributed by atoms with E-state index in [9.17, 15) is 15.3 Å². The molecule has 0 unspecified atom stereocenters. The van der Waals surface area contributed by atoms with Gasteiger partial charge in [-0.25, -0.2) is 0 Å². The second kappa shape index (κ2) is 7.02. The number of aliphatic hydroxyl groups is 1. The molecule has 1 heterocycles. The standard InChI is InChI=1S/C19H22O4/c20-15-6-1-13(2-7-15)3-10-18-11-17(22)12-19(23-18)14-4-8-16(21)9-5-14/h1-2,4-9,17-22H,3,10-12H2/t17-,18-,19-/m1/s1. The third-order valence-corrected chi connectivity index (χ3v) is 4.33. The van der Waals surface area contributed by atoms with Crippen molar-refractivity contribution in [2.24, 2.45) is 0 Å². The Labute approximate surface area is 136 Å². The lowest BCUT2D eigenvalue weighted by Gasteiger charge is -2.33. The first-order valence-corrected chi connectivity index (χ1v) is 8.00. The Morgan fingerprint density at radius 1 is 0.870 bits per heavy atom. The zero-order valence-corrected chi connectivity index (χ0v) is 12.9. The number of ether oxygens (including phenoxy) is 1. The van der Waals surface area contributed by atoms with E-state index in [4.69, 9.17) is 4.74 Å². The molecule has 122 valence electrons. The van der Waals surface area contributed by atoms with Gasteiger partial charge in [-0.3, -0.25) is 0 Å². The third kappa shape index (κ3) is 4.24. The largest absolute Gasteiger partial charge is 0.508 e. The highest BCUT2D eigenvalue weighted by atomic mass is 16.5. The molecule has 1 aliphatic heterocycles. The van der Waals surface area contributed by atoms with E-state index >= 15 is 0 Å². The summed E-state index contributed by atoms with van der Waals surface area (Å²) in [6, 6.07) is 14.2. The molecular weight excluding hydrogens is 292 g/mol. The Hall–Kier alpha value is -2.04. The molecule has 1 fully saturated rings. The van der Waals surface area contributed by atoms with Gasteiger partial charge in [0, 0.05) is 6.42 Å². The van der Waals surface area contributed by atoms with E-state index in [0.717, 1.165) is 24.0 Å². The molecule has 1 saturated heterocycles. The molecule has 0 radical (unpaired) electrons. The van der Waals surface area contributed by atoms with Crippen molar-refractivity contribution in [3.63, 3.8) is 0 Å². The van der Waals surface area contributed by atoms with E-state index in [1.165, 1.54) is 0 Å². The van der Waals surface area contributed by atoms with Gasteiger partial charge in [0.25, 0.3) is 0 Å². The van der Waals surface area contributed by atoms with Crippen molar-refractivity contribution < 1.29 is 20.1 Å². The number of aryl methyl sites for hydroxylation is 1. The molecule has 0 spiro atoms. The van der Waals surface area contributed by atoms with Crippen LogP contribution in [0.3, 0.4) is 0 Å². The van der Waals surface area contributed by atoms with Crippen molar-refractivity contribution in [2.45, 2.75) is 44.0 Å². The number of phenols is 2. The van der Waals surface area contributed by atoms with E-state index < -0.39 is 0 Å². The molecule has 0 aromatic heterocycles. The van der Waals surface area contributed by atoms with Crippen LogP contribution < -0.4 is 0 Å². The highest BCUT2D eigenvalue weighted by Gasteiger charge is 2.29. The summed E-state index contributed by atoms with van der Waals surface area (Å²) in [5.41, 5.74) is 2.13. The zero-order chi connectivity index (χ0) is 16.2. The highest BCUT2D eigenvalue weighted by molar-refractivity contribution is 5.28. The van der Waals surface area contributed by atoms with Crippen LogP contribution in [-0.4, -0.2) is 27.5 Å². The molecule has 4 nitrogen and oxygen atoms in total. The number of benzene rings is 2. The minimum absolute atomic E-state index is 0.00589. The molecule has 0 bridgehead atoms. The van der Waals surface area contributed by atoms with Gasteiger partial charge in [0.15, 0.2) is 0 Å². The van der Waals surface area contributed by atoms with Crippen molar-refractivity contribution in [1.29, 1.82) is 0 Å². The maximum Gasteiger partial charge on any atom is 0.115 e. The van der Waals surface area contributed by atoms with Gasteiger partial charge < -0.3 is 20.1 Å². The van der Waals surface area contributed by atoms with E-state index in [0.29, 0.717) is 12.8 Å². The molecule has 4 heteroatoms. The second-order valence-electron chi connectivity index (χ2n) is 6.17. The van der Waals surface area contributed by atoms with E-state index in [1.54, 1.807) is 24.3 Å². The Bertz CT molecular complexity index is 621. The van der Waals surface area contributed by atoms with Crippen molar-refractivity contribution in [2.75, 3.05) is 0 Å². The summed E-state index contributed by atoms with van der Waals surface area (Å²) in [6.45, 7) is 0. The number of rotatable bonds is 4. The van der Waals surface area contributed by atoms with E-state index in [1.807, 2.05) is 24.3 Å². The topological polar surface area (TPSA) is 69.9 Å². The number of phenolic OH excluding ortho intramolecular Hbond substituents is 2. The Balaban J connectivity index is 1.61. The van der Waals surface area contributed by atoms with Crippen LogP contribution in [0.25, 0.3) is 0 Å². The molecule has 0 amide bonds. The highest BCUT2D eigenvalue weighted by Crippen LogP contribution is 2.33. The summed E-state index contributed by atoms with van der Waals surface area (Å²) in [4.78, 5) is 0. The fourth-order valence-corrected chi connectivity index (χ4v) is 3.07. The maximum atomic E-state index is 10.1. The van der Waals surface area contributed by atoms with Crippen LogP contribution in [0.1, 0.15) is 36.5 Å². The van der Waals surface area contributed by atoms with E-state index in [-0.39, 0.29) is 29.8 Å². The van der Waals surface area contributed by atoms with Crippen LogP contribution in [0.15, 0.2) is 48.5 Å². The van der Waals surface area contributed by atoms with Crippen LogP contribution in [0.5, 0.6) is 11.5 Å². The van der Waals surface area contributed by atoms with Gasteiger partial charge in [-0.15, -0.1) is 0 Å². The fraction of sp³-hybridized carbons (Fsp3) is 0.368. The summed E-state index contributed by atoms with van der Waals surface area (Å²) in [5, 5.41) is 28.8. The first-order chi connectivity index (χ1) is 11.1. The first kappa shape index (κ1) is 15.8. The third-order valence-electron chi connectivity index (χ3n) is 4.33. The van der Waals surface area contributed by atoms with Gasteiger partial charge in [0.2, 0.25) is 0 Å². The molecule has 3 rings (SSSR count). The van der Waals surface area contributed by atoms with Gasteiger partial charge in [0.05, 0.1) is 18.3 Å². The van der Waals surface area contributed by atoms with Crippen molar-refractivity contribution in [3.8, 4) is 11.5 Å². The molecule has 3 atom stereocenters. The monoisotopic (exact) mass is 314 g/mol. The first-order valence-electron chi connectivity index (χ1n) is 8.00. The molecule has 2 aromatic rings. The molecule has 1 aliphatic rings. The van der Waals surface area contributed by atoms with Crippen LogP contribution in [0, 0.1) is 0 Å². The maximum absolute atomic E-state index is 10.1. The van der Waals surface area contributed by atoms with E-state index in [2.05, 4.69) is 0 Å². The quantitative estimate of drug-likeness (QED) is 0.810. The average molecular weight is 314 g/mol. The Morgan fingerprint density at radius 3 is 2.13 bits per heavy atom.